The number of carbonyl (C=O) groups is 2. The molecule has 0 fully saturated rings. The average Bonchev–Trinajstić information content (AvgIpc) is 2.79. The molecule has 1 amide bonds. The Labute approximate surface area is 202 Å². The van der Waals surface area contributed by atoms with Crippen molar-refractivity contribution in [3.63, 3.8) is 0 Å². The summed E-state index contributed by atoms with van der Waals surface area (Å²) in [6.45, 7) is 2.95. The minimum absolute atomic E-state index is 0.0855. The number of alkyl halides is 2. The SMILES string of the molecule is Cc1ccc(N(C)C(=O)c2ccc(CC(=O)Cc3ccc(C(F)(F)C(C)O)cc3)cc2)c(Cl)c1. The number of halogens is 3. The lowest BCUT2D eigenvalue weighted by molar-refractivity contribution is -0.117. The summed E-state index contributed by atoms with van der Waals surface area (Å²) in [7, 11) is 1.65. The molecule has 0 saturated heterocycles. The number of nitrogens with zero attached hydrogens (tertiary/aromatic N) is 1. The van der Waals surface area contributed by atoms with Crippen molar-refractivity contribution in [2.45, 2.75) is 38.7 Å². The maximum atomic E-state index is 13.9. The van der Waals surface area contributed by atoms with E-state index >= 15 is 0 Å². The van der Waals surface area contributed by atoms with Gasteiger partial charge in [0.15, 0.2) is 0 Å². The number of hydrogen-bond donors (Lipinski definition) is 1. The molecule has 1 N–H and O–H groups in total. The summed E-state index contributed by atoms with van der Waals surface area (Å²) < 4.78 is 27.8. The number of benzene rings is 3. The van der Waals surface area contributed by atoms with Gasteiger partial charge in [-0.1, -0.05) is 54.1 Å². The van der Waals surface area contributed by atoms with Crippen LogP contribution >= 0.6 is 11.6 Å². The van der Waals surface area contributed by atoms with Gasteiger partial charge in [0.05, 0.1) is 10.7 Å². The second kappa shape index (κ2) is 10.5. The topological polar surface area (TPSA) is 57.6 Å². The number of carbonyl (C=O) groups excluding carboxylic acids is 2. The summed E-state index contributed by atoms with van der Waals surface area (Å²) in [5.41, 5.74) is 3.13. The second-order valence-corrected chi connectivity index (χ2v) is 8.81. The first-order valence-electron chi connectivity index (χ1n) is 10.8. The Morgan fingerprint density at radius 2 is 1.50 bits per heavy atom. The van der Waals surface area contributed by atoms with Gasteiger partial charge < -0.3 is 10.0 Å². The number of anilines is 1. The number of Topliss-reactive ketones (excluding diaryl/α,β-unsaturated/α-hetero) is 1. The molecule has 0 aliphatic rings. The third-order valence-corrected chi connectivity index (χ3v) is 5.94. The summed E-state index contributed by atoms with van der Waals surface area (Å²) in [5.74, 6) is -3.66. The van der Waals surface area contributed by atoms with E-state index < -0.39 is 12.0 Å². The summed E-state index contributed by atoms with van der Waals surface area (Å²) >= 11 is 6.27. The molecule has 3 aromatic carbocycles. The molecular weight excluding hydrogens is 460 g/mol. The fraction of sp³-hybridized carbons (Fsp3) is 0.259. The van der Waals surface area contributed by atoms with Crippen LogP contribution in [-0.2, 0) is 23.6 Å². The van der Waals surface area contributed by atoms with Gasteiger partial charge in [-0.3, -0.25) is 9.59 Å². The second-order valence-electron chi connectivity index (χ2n) is 8.40. The van der Waals surface area contributed by atoms with E-state index in [-0.39, 0.29) is 30.1 Å². The normalized spacial score (nSPS) is 12.3. The maximum Gasteiger partial charge on any atom is 0.298 e. The van der Waals surface area contributed by atoms with Crippen molar-refractivity contribution in [1.29, 1.82) is 0 Å². The highest BCUT2D eigenvalue weighted by Crippen LogP contribution is 2.32. The van der Waals surface area contributed by atoms with Gasteiger partial charge in [0.2, 0.25) is 0 Å². The average molecular weight is 486 g/mol. The van der Waals surface area contributed by atoms with Crippen LogP contribution in [0.25, 0.3) is 0 Å². The van der Waals surface area contributed by atoms with Gasteiger partial charge in [-0.2, -0.15) is 8.78 Å². The van der Waals surface area contributed by atoms with Crippen LogP contribution in [0, 0.1) is 6.92 Å². The molecule has 0 saturated carbocycles. The number of hydrogen-bond acceptors (Lipinski definition) is 3. The predicted octanol–water partition coefficient (Wildman–Crippen LogP) is 5.75. The molecule has 0 aliphatic heterocycles. The minimum Gasteiger partial charge on any atom is -0.387 e. The molecule has 0 radical (unpaired) electrons. The maximum absolute atomic E-state index is 13.9. The van der Waals surface area contributed by atoms with Gasteiger partial charge in [0, 0.05) is 31.0 Å². The molecule has 1 atom stereocenters. The highest BCUT2D eigenvalue weighted by Gasteiger charge is 2.37. The van der Waals surface area contributed by atoms with E-state index in [1.54, 1.807) is 43.4 Å². The highest BCUT2D eigenvalue weighted by atomic mass is 35.5. The smallest absolute Gasteiger partial charge is 0.298 e. The van der Waals surface area contributed by atoms with Crippen molar-refractivity contribution in [2.24, 2.45) is 0 Å². The lowest BCUT2D eigenvalue weighted by Gasteiger charge is -2.19. The van der Waals surface area contributed by atoms with Gasteiger partial charge in [-0.25, -0.2) is 0 Å². The van der Waals surface area contributed by atoms with Gasteiger partial charge >= 0.3 is 0 Å². The molecule has 0 aliphatic carbocycles. The lowest BCUT2D eigenvalue weighted by Crippen LogP contribution is -2.27. The molecule has 3 rings (SSSR count). The number of amides is 1. The Balaban J connectivity index is 1.62. The summed E-state index contributed by atoms with van der Waals surface area (Å²) in [5, 5.41) is 9.73. The van der Waals surface area contributed by atoms with Gasteiger partial charge in [0.25, 0.3) is 11.8 Å². The van der Waals surface area contributed by atoms with E-state index in [0.29, 0.717) is 21.8 Å². The Morgan fingerprint density at radius 1 is 0.971 bits per heavy atom. The number of ketones is 1. The summed E-state index contributed by atoms with van der Waals surface area (Å²) in [4.78, 5) is 26.8. The van der Waals surface area contributed by atoms with E-state index in [1.807, 2.05) is 13.0 Å². The molecule has 4 nitrogen and oxygen atoms in total. The van der Waals surface area contributed by atoms with Gasteiger partial charge in [-0.05, 0) is 54.8 Å². The molecule has 7 heteroatoms. The Bertz CT molecular complexity index is 1180. The van der Waals surface area contributed by atoms with Crippen LogP contribution in [0.15, 0.2) is 66.7 Å². The van der Waals surface area contributed by atoms with Crippen LogP contribution in [0.5, 0.6) is 0 Å². The molecule has 3 aromatic rings. The molecule has 0 spiro atoms. The lowest BCUT2D eigenvalue weighted by atomic mass is 9.98. The van der Waals surface area contributed by atoms with Crippen molar-refractivity contribution in [2.75, 3.05) is 11.9 Å². The molecule has 0 bridgehead atoms. The van der Waals surface area contributed by atoms with Crippen LogP contribution in [0.3, 0.4) is 0 Å². The number of aliphatic hydroxyl groups is 1. The standard InChI is InChI=1S/C27H26ClF2NO3/c1-17-4-13-25(24(28)14-17)31(3)26(34)21-9-5-19(6-10-21)15-23(33)16-20-7-11-22(12-8-20)27(29,30)18(2)32/h4-14,18,32H,15-16H2,1-3H3. The van der Waals surface area contributed by atoms with Crippen LogP contribution in [-0.4, -0.2) is 29.9 Å². The van der Waals surface area contributed by atoms with Crippen molar-refractivity contribution in [1.82, 2.24) is 0 Å². The van der Waals surface area contributed by atoms with Crippen LogP contribution in [0.1, 0.15) is 39.5 Å². The van der Waals surface area contributed by atoms with E-state index in [9.17, 15) is 23.5 Å². The zero-order valence-corrected chi connectivity index (χ0v) is 19.9. The summed E-state index contributed by atoms with van der Waals surface area (Å²) in [6.07, 6.45) is -1.56. The molecule has 0 heterocycles. The van der Waals surface area contributed by atoms with Gasteiger partial charge in [-0.15, -0.1) is 0 Å². The summed E-state index contributed by atoms with van der Waals surface area (Å²) in [6, 6.07) is 17.6. The number of aliphatic hydroxyl groups excluding tert-OH is 1. The third-order valence-electron chi connectivity index (χ3n) is 5.64. The number of aryl methyl sites for hydroxylation is 1. The largest absolute Gasteiger partial charge is 0.387 e. The molecule has 178 valence electrons. The quantitative estimate of drug-likeness (QED) is 0.442. The zero-order valence-electron chi connectivity index (χ0n) is 19.2. The fourth-order valence-corrected chi connectivity index (χ4v) is 3.92. The Hall–Kier alpha value is -3.09. The minimum atomic E-state index is -3.35. The third kappa shape index (κ3) is 5.88. The van der Waals surface area contributed by atoms with Crippen molar-refractivity contribution >= 4 is 29.0 Å². The molecule has 34 heavy (non-hydrogen) atoms. The predicted molar refractivity (Wildman–Crippen MR) is 130 cm³/mol. The zero-order chi connectivity index (χ0) is 25.0. The molecular formula is C27H26ClF2NO3. The Kier molecular flexibility index (Phi) is 7.85. The van der Waals surface area contributed by atoms with Crippen molar-refractivity contribution < 1.29 is 23.5 Å². The molecule has 0 aromatic heterocycles. The van der Waals surface area contributed by atoms with Gasteiger partial charge in [0.1, 0.15) is 11.9 Å². The first-order chi connectivity index (χ1) is 16.0. The van der Waals surface area contributed by atoms with Crippen molar-refractivity contribution in [3.05, 3.63) is 99.6 Å². The van der Waals surface area contributed by atoms with Crippen molar-refractivity contribution in [3.8, 4) is 0 Å². The fourth-order valence-electron chi connectivity index (χ4n) is 3.56. The van der Waals surface area contributed by atoms with Crippen LogP contribution in [0.4, 0.5) is 14.5 Å². The Morgan fingerprint density at radius 3 is 2.00 bits per heavy atom. The first-order valence-corrected chi connectivity index (χ1v) is 11.2. The van der Waals surface area contributed by atoms with Crippen LogP contribution < -0.4 is 4.90 Å². The van der Waals surface area contributed by atoms with E-state index in [0.717, 1.165) is 18.1 Å². The van der Waals surface area contributed by atoms with E-state index in [4.69, 9.17) is 11.6 Å². The molecule has 1 unspecified atom stereocenters. The van der Waals surface area contributed by atoms with Crippen LogP contribution in [0.2, 0.25) is 5.02 Å². The first kappa shape index (κ1) is 25.5. The van der Waals surface area contributed by atoms with E-state index in [1.165, 1.54) is 29.2 Å². The highest BCUT2D eigenvalue weighted by molar-refractivity contribution is 6.34. The monoisotopic (exact) mass is 485 g/mol. The van der Waals surface area contributed by atoms with E-state index in [2.05, 4.69) is 0 Å². The number of rotatable bonds is 8.